The Labute approximate surface area is 145 Å². The van der Waals surface area contributed by atoms with E-state index in [4.69, 9.17) is 0 Å². The van der Waals surface area contributed by atoms with E-state index in [9.17, 15) is 14.0 Å². The molecule has 0 N–H and O–H groups in total. The van der Waals surface area contributed by atoms with Gasteiger partial charge in [0.1, 0.15) is 12.1 Å². The maximum atomic E-state index is 12.9. The summed E-state index contributed by atoms with van der Waals surface area (Å²) in [5.74, 6) is -0.322. The summed E-state index contributed by atoms with van der Waals surface area (Å²) >= 11 is 0. The maximum Gasteiger partial charge on any atom is 0.223 e. The summed E-state index contributed by atoms with van der Waals surface area (Å²) in [6.45, 7) is 1.34. The van der Waals surface area contributed by atoms with E-state index < -0.39 is 0 Å². The lowest BCUT2D eigenvalue weighted by Gasteiger charge is -2.32. The summed E-state index contributed by atoms with van der Waals surface area (Å²) in [7, 11) is 0. The van der Waals surface area contributed by atoms with Gasteiger partial charge >= 0.3 is 0 Å². The number of aromatic nitrogens is 2. The molecule has 3 rings (SSSR count). The molecule has 0 saturated carbocycles. The van der Waals surface area contributed by atoms with Crippen LogP contribution in [0.4, 0.5) is 4.39 Å². The van der Waals surface area contributed by atoms with E-state index in [0.29, 0.717) is 18.7 Å². The van der Waals surface area contributed by atoms with Crippen LogP contribution in [0.25, 0.3) is 0 Å². The van der Waals surface area contributed by atoms with E-state index in [-0.39, 0.29) is 36.3 Å². The number of hydrogen-bond donors (Lipinski definition) is 0. The second kappa shape index (κ2) is 7.96. The van der Waals surface area contributed by atoms with Gasteiger partial charge in [-0.15, -0.1) is 0 Å². The van der Waals surface area contributed by atoms with Crippen molar-refractivity contribution in [3.63, 3.8) is 0 Å². The minimum absolute atomic E-state index is 0.0192. The van der Waals surface area contributed by atoms with Gasteiger partial charge in [0.2, 0.25) is 5.91 Å². The van der Waals surface area contributed by atoms with Crippen LogP contribution in [0, 0.1) is 5.82 Å². The Morgan fingerprint density at radius 3 is 2.68 bits per heavy atom. The molecular weight excluding hydrogens is 321 g/mol. The Kier molecular flexibility index (Phi) is 5.48. The van der Waals surface area contributed by atoms with E-state index in [1.807, 2.05) is 11.0 Å². The molecule has 2 aromatic rings. The van der Waals surface area contributed by atoms with Crippen LogP contribution >= 0.6 is 0 Å². The van der Waals surface area contributed by atoms with Crippen molar-refractivity contribution in [3.05, 3.63) is 59.9 Å². The number of halogens is 1. The molecule has 25 heavy (non-hydrogen) atoms. The number of piperidine rings is 1. The molecule has 0 aliphatic carbocycles. The lowest BCUT2D eigenvalue weighted by Crippen LogP contribution is -2.39. The van der Waals surface area contributed by atoms with Gasteiger partial charge in [0.15, 0.2) is 5.78 Å². The summed E-state index contributed by atoms with van der Waals surface area (Å²) in [6, 6.07) is 7.30. The Balaban J connectivity index is 1.54. The lowest BCUT2D eigenvalue weighted by molar-refractivity contribution is -0.132. The zero-order valence-electron chi connectivity index (χ0n) is 13.9. The van der Waals surface area contributed by atoms with Crippen LogP contribution in [-0.2, 0) is 4.79 Å². The van der Waals surface area contributed by atoms with E-state index in [2.05, 4.69) is 9.97 Å². The fraction of sp³-hybridized carbons (Fsp3) is 0.368. The van der Waals surface area contributed by atoms with Crippen molar-refractivity contribution < 1.29 is 14.0 Å². The minimum Gasteiger partial charge on any atom is -0.342 e. The second-order valence-electron chi connectivity index (χ2n) is 6.24. The molecule has 1 aliphatic heterocycles. The SMILES string of the molecule is O=C(CCC(=O)N1CCCC(c2ccncn2)C1)c1ccc(F)cc1. The van der Waals surface area contributed by atoms with Crippen molar-refractivity contribution >= 4 is 11.7 Å². The number of amides is 1. The van der Waals surface area contributed by atoms with Crippen LogP contribution in [0.1, 0.15) is 47.7 Å². The van der Waals surface area contributed by atoms with Crippen LogP contribution in [0.5, 0.6) is 0 Å². The van der Waals surface area contributed by atoms with Crippen molar-refractivity contribution in [3.8, 4) is 0 Å². The van der Waals surface area contributed by atoms with Crippen molar-refractivity contribution in [1.82, 2.24) is 14.9 Å². The average Bonchev–Trinajstić information content (AvgIpc) is 2.67. The highest BCUT2D eigenvalue weighted by molar-refractivity contribution is 5.97. The summed E-state index contributed by atoms with van der Waals surface area (Å²) in [6.07, 6.45) is 5.47. The Hall–Kier alpha value is -2.63. The molecule has 0 bridgehead atoms. The molecule has 6 heteroatoms. The molecule has 1 aromatic heterocycles. The number of Topliss-reactive ketones (excluding diaryl/α,β-unsaturated/α-hetero) is 1. The molecule has 1 amide bonds. The average molecular weight is 341 g/mol. The van der Waals surface area contributed by atoms with E-state index in [0.717, 1.165) is 18.5 Å². The number of rotatable bonds is 5. The zero-order chi connectivity index (χ0) is 17.6. The minimum atomic E-state index is -0.378. The van der Waals surface area contributed by atoms with Gasteiger partial charge in [-0.05, 0) is 43.2 Å². The monoisotopic (exact) mass is 341 g/mol. The highest BCUT2D eigenvalue weighted by Gasteiger charge is 2.25. The van der Waals surface area contributed by atoms with Gasteiger partial charge in [-0.3, -0.25) is 9.59 Å². The molecule has 0 spiro atoms. The third-order valence-electron chi connectivity index (χ3n) is 4.53. The van der Waals surface area contributed by atoms with Crippen LogP contribution in [0.15, 0.2) is 42.9 Å². The molecular formula is C19H20FN3O2. The summed E-state index contributed by atoms with van der Waals surface area (Å²) in [5, 5.41) is 0. The van der Waals surface area contributed by atoms with Gasteiger partial charge in [-0.25, -0.2) is 14.4 Å². The smallest absolute Gasteiger partial charge is 0.223 e. The first-order valence-electron chi connectivity index (χ1n) is 8.46. The topological polar surface area (TPSA) is 63.2 Å². The van der Waals surface area contributed by atoms with Crippen LogP contribution in [0.2, 0.25) is 0 Å². The molecule has 1 atom stereocenters. The molecule has 5 nitrogen and oxygen atoms in total. The van der Waals surface area contributed by atoms with Crippen molar-refractivity contribution in [2.45, 2.75) is 31.6 Å². The fourth-order valence-corrected chi connectivity index (χ4v) is 3.15. The number of benzene rings is 1. The summed E-state index contributed by atoms with van der Waals surface area (Å²) < 4.78 is 12.9. The third-order valence-corrected chi connectivity index (χ3v) is 4.53. The molecule has 1 fully saturated rings. The van der Waals surface area contributed by atoms with Crippen LogP contribution in [-0.4, -0.2) is 39.6 Å². The molecule has 130 valence electrons. The van der Waals surface area contributed by atoms with E-state index in [1.54, 1.807) is 6.20 Å². The summed E-state index contributed by atoms with van der Waals surface area (Å²) in [4.78, 5) is 34.6. The largest absolute Gasteiger partial charge is 0.342 e. The quantitative estimate of drug-likeness (QED) is 0.784. The number of likely N-dealkylation sites (tertiary alicyclic amines) is 1. The first-order chi connectivity index (χ1) is 12.1. The van der Waals surface area contributed by atoms with Gasteiger partial charge in [-0.2, -0.15) is 0 Å². The maximum absolute atomic E-state index is 12.9. The van der Waals surface area contributed by atoms with Gasteiger partial charge < -0.3 is 4.90 Å². The Bertz CT molecular complexity index is 734. The van der Waals surface area contributed by atoms with Crippen LogP contribution in [0.3, 0.4) is 0 Å². The van der Waals surface area contributed by atoms with Crippen molar-refractivity contribution in [1.29, 1.82) is 0 Å². The Morgan fingerprint density at radius 1 is 1.16 bits per heavy atom. The van der Waals surface area contributed by atoms with Crippen molar-refractivity contribution in [2.24, 2.45) is 0 Å². The predicted molar refractivity (Wildman–Crippen MR) is 90.6 cm³/mol. The number of nitrogens with zero attached hydrogens (tertiary/aromatic N) is 3. The molecule has 2 heterocycles. The number of carbonyl (C=O) groups is 2. The third kappa shape index (κ3) is 4.47. The fourth-order valence-electron chi connectivity index (χ4n) is 3.15. The molecule has 1 saturated heterocycles. The van der Waals surface area contributed by atoms with Crippen molar-refractivity contribution in [2.75, 3.05) is 13.1 Å². The molecule has 0 radical (unpaired) electrons. The van der Waals surface area contributed by atoms with E-state index in [1.165, 1.54) is 30.6 Å². The molecule has 1 unspecified atom stereocenters. The lowest BCUT2D eigenvalue weighted by atomic mass is 9.94. The first-order valence-corrected chi connectivity index (χ1v) is 8.46. The standard InChI is InChI=1S/C19H20FN3O2/c20-16-5-3-14(4-6-16)18(24)7-8-19(25)23-11-1-2-15(12-23)17-9-10-21-13-22-17/h3-6,9-10,13,15H,1-2,7-8,11-12H2. The molecule has 1 aliphatic rings. The highest BCUT2D eigenvalue weighted by atomic mass is 19.1. The number of hydrogen-bond acceptors (Lipinski definition) is 4. The number of carbonyl (C=O) groups excluding carboxylic acids is 2. The summed E-state index contributed by atoms with van der Waals surface area (Å²) in [5.41, 5.74) is 1.39. The normalized spacial score (nSPS) is 17.3. The Morgan fingerprint density at radius 2 is 1.96 bits per heavy atom. The van der Waals surface area contributed by atoms with Gasteiger partial charge in [-0.1, -0.05) is 0 Å². The second-order valence-corrected chi connectivity index (χ2v) is 6.24. The van der Waals surface area contributed by atoms with Gasteiger partial charge in [0.05, 0.1) is 0 Å². The predicted octanol–water partition coefficient (Wildman–Crippen LogP) is 2.98. The highest BCUT2D eigenvalue weighted by Crippen LogP contribution is 2.25. The van der Waals surface area contributed by atoms with Gasteiger partial charge in [0, 0.05) is 49.3 Å². The van der Waals surface area contributed by atoms with Crippen LogP contribution < -0.4 is 0 Å². The number of ketones is 1. The zero-order valence-corrected chi connectivity index (χ0v) is 13.9. The molecule has 1 aromatic carbocycles. The van der Waals surface area contributed by atoms with E-state index >= 15 is 0 Å². The van der Waals surface area contributed by atoms with Gasteiger partial charge in [0.25, 0.3) is 0 Å². The first kappa shape index (κ1) is 17.2.